The Hall–Kier alpha value is -2.38. The van der Waals surface area contributed by atoms with Crippen molar-refractivity contribution in [3.05, 3.63) is 52.6 Å². The molecule has 1 saturated carbocycles. The number of hydrogen-bond acceptors (Lipinski definition) is 4. The predicted molar refractivity (Wildman–Crippen MR) is 99.6 cm³/mol. The Kier molecular flexibility index (Phi) is 4.44. The van der Waals surface area contributed by atoms with Gasteiger partial charge in [0.25, 0.3) is 0 Å². The van der Waals surface area contributed by atoms with Gasteiger partial charge in [-0.2, -0.15) is 0 Å². The number of hydrogen-bond donors (Lipinski definition) is 3. The van der Waals surface area contributed by atoms with Crippen molar-refractivity contribution in [3.8, 4) is 0 Å². The summed E-state index contributed by atoms with van der Waals surface area (Å²) in [5.74, 6) is -0.770. The monoisotopic (exact) mass is 388 g/mol. The number of halogens is 1. The summed E-state index contributed by atoms with van der Waals surface area (Å²) in [7, 11) is 1.76. The number of benzene rings is 1. The average Bonchev–Trinajstić information content (AvgIpc) is 2.95. The van der Waals surface area contributed by atoms with Gasteiger partial charge in [0.2, 0.25) is 5.91 Å². The lowest BCUT2D eigenvalue weighted by Crippen LogP contribution is -2.32. The number of fused-ring (bicyclic) bond motifs is 1. The number of rotatable bonds is 6. The van der Waals surface area contributed by atoms with Gasteiger partial charge in [-0.05, 0) is 48.5 Å². The standard InChI is InChI=1S/C19H21ClN4O3/c1-24-8-13(19(26)27)23-18(24)16(15-11-6-22-7-12(11)15)14(17(21)25)9-3-2-4-10(20)5-9/h2-5,8,11-12,14-16,22H,6-7H2,1H3,(H2,21,25)(H,26,27). The zero-order valence-electron chi connectivity index (χ0n) is 14.8. The van der Waals surface area contributed by atoms with Crippen LogP contribution in [0.1, 0.15) is 33.7 Å². The molecule has 1 amide bonds. The lowest BCUT2D eigenvalue weighted by atomic mass is 9.80. The third kappa shape index (κ3) is 3.11. The van der Waals surface area contributed by atoms with Crippen LogP contribution in [0, 0.1) is 17.8 Å². The van der Waals surface area contributed by atoms with E-state index in [2.05, 4.69) is 10.3 Å². The Labute approximate surface area is 161 Å². The summed E-state index contributed by atoms with van der Waals surface area (Å²) < 4.78 is 1.70. The van der Waals surface area contributed by atoms with Crippen molar-refractivity contribution >= 4 is 23.5 Å². The van der Waals surface area contributed by atoms with Crippen LogP contribution < -0.4 is 11.1 Å². The highest BCUT2D eigenvalue weighted by Crippen LogP contribution is 2.59. The van der Waals surface area contributed by atoms with Crippen molar-refractivity contribution in [1.82, 2.24) is 14.9 Å². The Bertz CT molecular complexity index is 902. The van der Waals surface area contributed by atoms with Crippen LogP contribution in [0.2, 0.25) is 5.02 Å². The maximum Gasteiger partial charge on any atom is 0.356 e. The van der Waals surface area contributed by atoms with Gasteiger partial charge < -0.3 is 20.7 Å². The topological polar surface area (TPSA) is 110 Å². The number of amides is 1. The van der Waals surface area contributed by atoms with Crippen LogP contribution in [0.25, 0.3) is 0 Å². The summed E-state index contributed by atoms with van der Waals surface area (Å²) in [6.45, 7) is 1.78. The van der Waals surface area contributed by atoms with Crippen LogP contribution in [-0.2, 0) is 11.8 Å². The number of nitrogens with one attached hydrogen (secondary N) is 1. The molecule has 7 nitrogen and oxygen atoms in total. The first-order valence-electron chi connectivity index (χ1n) is 8.90. The number of nitrogens with two attached hydrogens (primary N) is 1. The molecular formula is C19H21ClN4O3. The van der Waals surface area contributed by atoms with Crippen molar-refractivity contribution in [2.24, 2.45) is 30.5 Å². The fraction of sp³-hybridized carbons (Fsp3) is 0.421. The van der Waals surface area contributed by atoms with Crippen molar-refractivity contribution in [3.63, 3.8) is 0 Å². The fourth-order valence-corrected chi connectivity index (χ4v) is 4.88. The van der Waals surface area contributed by atoms with Crippen molar-refractivity contribution < 1.29 is 14.7 Å². The molecule has 142 valence electrons. The molecule has 0 bridgehead atoms. The number of aromatic nitrogens is 2. The first kappa shape index (κ1) is 18.0. The fourth-order valence-electron chi connectivity index (χ4n) is 4.68. The maximum atomic E-state index is 12.5. The van der Waals surface area contributed by atoms with Crippen LogP contribution in [-0.4, -0.2) is 39.6 Å². The first-order valence-corrected chi connectivity index (χ1v) is 9.28. The van der Waals surface area contributed by atoms with Gasteiger partial charge >= 0.3 is 5.97 Å². The summed E-state index contributed by atoms with van der Waals surface area (Å²) in [6, 6.07) is 7.13. The minimum absolute atomic E-state index is 0.0317. The molecule has 1 aromatic heterocycles. The van der Waals surface area contributed by atoms with Crippen LogP contribution in [0.4, 0.5) is 0 Å². The Balaban J connectivity index is 1.82. The summed E-state index contributed by atoms with van der Waals surface area (Å²) in [4.78, 5) is 28.3. The van der Waals surface area contributed by atoms with Gasteiger partial charge in [0.05, 0.1) is 5.92 Å². The minimum atomic E-state index is -1.09. The number of piperidine rings is 1. The third-order valence-electron chi connectivity index (χ3n) is 5.88. The molecule has 2 fully saturated rings. The summed E-state index contributed by atoms with van der Waals surface area (Å²) in [6.07, 6.45) is 1.48. The van der Waals surface area contributed by atoms with Gasteiger partial charge in [0, 0.05) is 24.2 Å². The van der Waals surface area contributed by atoms with Crippen LogP contribution in [0.15, 0.2) is 30.5 Å². The molecule has 2 aromatic rings. The number of carbonyl (C=O) groups is 2. The van der Waals surface area contributed by atoms with Gasteiger partial charge in [-0.1, -0.05) is 23.7 Å². The average molecular weight is 389 g/mol. The summed E-state index contributed by atoms with van der Waals surface area (Å²) in [5.41, 5.74) is 6.54. The van der Waals surface area contributed by atoms with E-state index in [1.165, 1.54) is 6.20 Å². The number of aromatic carboxylic acids is 1. The van der Waals surface area contributed by atoms with E-state index in [1.807, 2.05) is 6.07 Å². The highest BCUT2D eigenvalue weighted by molar-refractivity contribution is 6.30. The van der Waals surface area contributed by atoms with E-state index in [9.17, 15) is 14.7 Å². The van der Waals surface area contributed by atoms with Crippen LogP contribution >= 0.6 is 11.6 Å². The number of carbonyl (C=O) groups excluding carboxylic acids is 1. The number of carboxylic acids is 1. The van der Waals surface area contributed by atoms with Crippen LogP contribution in [0.3, 0.4) is 0 Å². The molecule has 1 aromatic carbocycles. The summed E-state index contributed by atoms with van der Waals surface area (Å²) in [5, 5.41) is 13.2. The first-order chi connectivity index (χ1) is 12.9. The van der Waals surface area contributed by atoms with Gasteiger partial charge in [-0.25, -0.2) is 9.78 Å². The minimum Gasteiger partial charge on any atom is -0.476 e. The molecule has 4 atom stereocenters. The molecular weight excluding hydrogens is 368 g/mol. The smallest absolute Gasteiger partial charge is 0.356 e. The number of carboxylic acid groups (broad SMARTS) is 1. The van der Waals surface area contributed by atoms with Crippen molar-refractivity contribution in [2.45, 2.75) is 11.8 Å². The van der Waals surface area contributed by atoms with Crippen molar-refractivity contribution in [2.75, 3.05) is 13.1 Å². The van der Waals surface area contributed by atoms with E-state index < -0.39 is 17.8 Å². The van der Waals surface area contributed by atoms with E-state index >= 15 is 0 Å². The van der Waals surface area contributed by atoms with Gasteiger partial charge in [0.15, 0.2) is 5.69 Å². The maximum absolute atomic E-state index is 12.5. The van der Waals surface area contributed by atoms with E-state index in [-0.39, 0.29) is 17.5 Å². The highest BCUT2D eigenvalue weighted by atomic mass is 35.5. The normalized spacial score (nSPS) is 25.6. The van der Waals surface area contributed by atoms with E-state index in [1.54, 1.807) is 29.8 Å². The van der Waals surface area contributed by atoms with Gasteiger partial charge in [-0.15, -0.1) is 0 Å². The molecule has 0 radical (unpaired) electrons. The highest BCUT2D eigenvalue weighted by Gasteiger charge is 2.59. The largest absolute Gasteiger partial charge is 0.476 e. The Morgan fingerprint density at radius 1 is 1.37 bits per heavy atom. The second kappa shape index (κ2) is 6.65. The molecule has 4 rings (SSSR count). The van der Waals surface area contributed by atoms with E-state index in [4.69, 9.17) is 17.3 Å². The number of imidazole rings is 1. The predicted octanol–water partition coefficient (Wildman–Crippen LogP) is 1.59. The molecule has 1 aliphatic heterocycles. The Morgan fingerprint density at radius 3 is 2.63 bits per heavy atom. The number of aryl methyl sites for hydroxylation is 1. The van der Waals surface area contributed by atoms with Crippen molar-refractivity contribution in [1.29, 1.82) is 0 Å². The second-order valence-electron chi connectivity index (χ2n) is 7.42. The molecule has 1 aliphatic carbocycles. The quantitative estimate of drug-likeness (QED) is 0.696. The Morgan fingerprint density at radius 2 is 2.07 bits per heavy atom. The molecule has 27 heavy (non-hydrogen) atoms. The molecule has 8 heteroatoms. The zero-order chi connectivity index (χ0) is 19.3. The van der Waals surface area contributed by atoms with Gasteiger partial charge in [-0.3, -0.25) is 4.79 Å². The second-order valence-corrected chi connectivity index (χ2v) is 7.86. The third-order valence-corrected chi connectivity index (χ3v) is 6.11. The molecule has 2 heterocycles. The van der Waals surface area contributed by atoms with Gasteiger partial charge in [0.1, 0.15) is 5.82 Å². The van der Waals surface area contributed by atoms with E-state index in [0.717, 1.165) is 18.7 Å². The molecule has 4 unspecified atom stereocenters. The SMILES string of the molecule is Cn1cc(C(=O)O)nc1C(C(C(N)=O)c1cccc(Cl)c1)C1C2CNCC21. The summed E-state index contributed by atoms with van der Waals surface area (Å²) >= 11 is 6.15. The molecule has 4 N–H and O–H groups in total. The van der Waals surface area contributed by atoms with Crippen LogP contribution in [0.5, 0.6) is 0 Å². The zero-order valence-corrected chi connectivity index (χ0v) is 15.6. The lowest BCUT2D eigenvalue weighted by Gasteiger charge is -2.27. The van der Waals surface area contributed by atoms with E-state index in [0.29, 0.717) is 22.7 Å². The molecule has 2 aliphatic rings. The number of nitrogens with zero attached hydrogens (tertiary/aromatic N) is 2. The number of primary amides is 1. The molecule has 1 saturated heterocycles. The lowest BCUT2D eigenvalue weighted by molar-refractivity contribution is -0.120. The molecule has 0 spiro atoms.